The van der Waals surface area contributed by atoms with Gasteiger partial charge in [0.1, 0.15) is 5.82 Å². The number of nitrogens with zero attached hydrogens (tertiary/aromatic N) is 3. The number of carbonyl (C=O) groups is 1. The Bertz CT molecular complexity index is 1370. The van der Waals surface area contributed by atoms with Gasteiger partial charge >= 0.3 is 5.97 Å². The Kier molecular flexibility index (Phi) is 8.46. The normalized spacial score (nSPS) is 15.3. The molecule has 10 heteroatoms. The van der Waals surface area contributed by atoms with E-state index in [1.165, 1.54) is 18.0 Å². The summed E-state index contributed by atoms with van der Waals surface area (Å²) in [6, 6.07) is 8.85. The van der Waals surface area contributed by atoms with E-state index >= 15 is 0 Å². The van der Waals surface area contributed by atoms with Gasteiger partial charge in [0, 0.05) is 20.4 Å². The molecule has 1 aliphatic carbocycles. The van der Waals surface area contributed by atoms with Crippen molar-refractivity contribution in [3.63, 3.8) is 0 Å². The molecule has 8 nitrogen and oxygen atoms in total. The van der Waals surface area contributed by atoms with Crippen LogP contribution >= 0.6 is 31.9 Å². The van der Waals surface area contributed by atoms with Crippen LogP contribution in [0.3, 0.4) is 0 Å². The molecule has 2 aromatic carbocycles. The number of benzene rings is 2. The van der Waals surface area contributed by atoms with Crippen LogP contribution in [0.4, 0.5) is 0 Å². The summed E-state index contributed by atoms with van der Waals surface area (Å²) in [5.41, 5.74) is 1.07. The summed E-state index contributed by atoms with van der Waals surface area (Å²) < 4.78 is 14.1. The van der Waals surface area contributed by atoms with Crippen molar-refractivity contribution in [2.45, 2.75) is 58.0 Å². The van der Waals surface area contributed by atoms with Crippen LogP contribution in [-0.2, 0) is 4.79 Å². The molecular formula is C26H27Br2N3O5. The molecule has 1 heterocycles. The van der Waals surface area contributed by atoms with Crippen molar-refractivity contribution in [2.24, 2.45) is 5.10 Å². The van der Waals surface area contributed by atoms with Crippen LogP contribution in [0.2, 0.25) is 0 Å². The van der Waals surface area contributed by atoms with Gasteiger partial charge in [0.2, 0.25) is 0 Å². The number of rotatable bonds is 8. The standard InChI is InChI=1S/C26H27Br2N3O5/c1-3-35-22-11-17(20(28)13-23(22)36-15(2)26(33)34)14-29-31-24(16-7-5-4-6-8-16)30-21-10-9-18(27)12-19(21)25(31)32/h9-16H,3-8H2,1-2H3,(H,33,34)/t15-/m0/s1. The zero-order valence-electron chi connectivity index (χ0n) is 20.0. The lowest BCUT2D eigenvalue weighted by Gasteiger charge is -2.22. The van der Waals surface area contributed by atoms with Gasteiger partial charge in [-0.1, -0.05) is 35.2 Å². The Morgan fingerprint density at radius 3 is 2.67 bits per heavy atom. The molecule has 1 atom stereocenters. The van der Waals surface area contributed by atoms with Gasteiger partial charge in [0.25, 0.3) is 5.56 Å². The minimum absolute atomic E-state index is 0.160. The first-order valence-electron chi connectivity index (χ1n) is 11.9. The van der Waals surface area contributed by atoms with Gasteiger partial charge in [0.05, 0.1) is 23.7 Å². The molecule has 1 fully saturated rings. The van der Waals surface area contributed by atoms with Crippen molar-refractivity contribution in [3.8, 4) is 11.5 Å². The Balaban J connectivity index is 1.79. The van der Waals surface area contributed by atoms with Crippen LogP contribution in [-0.4, -0.2) is 39.7 Å². The van der Waals surface area contributed by atoms with Crippen LogP contribution < -0.4 is 15.0 Å². The summed E-state index contributed by atoms with van der Waals surface area (Å²) in [6.45, 7) is 3.64. The Hall–Kier alpha value is -2.72. The van der Waals surface area contributed by atoms with Crippen molar-refractivity contribution < 1.29 is 19.4 Å². The average molecular weight is 621 g/mol. The van der Waals surface area contributed by atoms with Crippen LogP contribution in [0.5, 0.6) is 11.5 Å². The topological polar surface area (TPSA) is 103 Å². The maximum atomic E-state index is 13.5. The Morgan fingerprint density at radius 1 is 1.22 bits per heavy atom. The number of carboxylic acid groups (broad SMARTS) is 1. The molecule has 36 heavy (non-hydrogen) atoms. The minimum atomic E-state index is -1.08. The van der Waals surface area contributed by atoms with Gasteiger partial charge in [-0.25, -0.2) is 9.78 Å². The highest BCUT2D eigenvalue weighted by atomic mass is 79.9. The van der Waals surface area contributed by atoms with Gasteiger partial charge in [-0.3, -0.25) is 4.79 Å². The second-order valence-electron chi connectivity index (χ2n) is 8.68. The highest BCUT2D eigenvalue weighted by Crippen LogP contribution is 2.35. The van der Waals surface area contributed by atoms with Crippen LogP contribution in [0.1, 0.15) is 63.3 Å². The van der Waals surface area contributed by atoms with E-state index in [1.54, 1.807) is 24.4 Å². The van der Waals surface area contributed by atoms with Gasteiger partial charge in [-0.15, -0.1) is 0 Å². The van der Waals surface area contributed by atoms with E-state index in [0.29, 0.717) is 44.9 Å². The van der Waals surface area contributed by atoms with Crippen molar-refractivity contribution in [3.05, 3.63) is 61.0 Å². The zero-order valence-corrected chi connectivity index (χ0v) is 23.2. The summed E-state index contributed by atoms with van der Waals surface area (Å²) in [6.07, 6.45) is 5.86. The summed E-state index contributed by atoms with van der Waals surface area (Å²) in [5, 5.41) is 14.3. The lowest BCUT2D eigenvalue weighted by Crippen LogP contribution is -2.25. The van der Waals surface area contributed by atoms with Gasteiger partial charge < -0.3 is 14.6 Å². The number of aromatic nitrogens is 2. The SMILES string of the molecule is CCOc1cc(C=Nn2c(C3CCCCC3)nc3ccc(Br)cc3c2=O)c(Br)cc1O[C@@H](C)C(=O)O. The molecule has 1 saturated carbocycles. The number of ether oxygens (including phenoxy) is 2. The number of fused-ring (bicyclic) bond motifs is 1. The first-order chi connectivity index (χ1) is 17.3. The predicted octanol–water partition coefficient (Wildman–Crippen LogP) is 6.10. The van der Waals surface area contributed by atoms with Crippen molar-refractivity contribution in [2.75, 3.05) is 6.61 Å². The van der Waals surface area contributed by atoms with E-state index in [4.69, 9.17) is 14.5 Å². The molecule has 0 unspecified atom stereocenters. The molecule has 0 amide bonds. The molecule has 4 rings (SSSR count). The van der Waals surface area contributed by atoms with E-state index in [1.807, 2.05) is 19.1 Å². The molecule has 1 aliphatic rings. The summed E-state index contributed by atoms with van der Waals surface area (Å²) >= 11 is 6.96. The first-order valence-corrected chi connectivity index (χ1v) is 13.5. The first kappa shape index (κ1) is 26.3. The fourth-order valence-electron chi connectivity index (χ4n) is 4.27. The number of aliphatic carboxylic acids is 1. The largest absolute Gasteiger partial charge is 0.490 e. The van der Waals surface area contributed by atoms with Crippen LogP contribution in [0.25, 0.3) is 10.9 Å². The molecule has 1 aromatic heterocycles. The molecule has 0 spiro atoms. The van der Waals surface area contributed by atoms with Crippen LogP contribution in [0.15, 0.2) is 49.2 Å². The smallest absolute Gasteiger partial charge is 0.344 e. The predicted molar refractivity (Wildman–Crippen MR) is 146 cm³/mol. The van der Waals surface area contributed by atoms with Gasteiger partial charge in [-0.05, 0) is 73.0 Å². The van der Waals surface area contributed by atoms with Crippen molar-refractivity contribution in [1.82, 2.24) is 9.66 Å². The highest BCUT2D eigenvalue weighted by molar-refractivity contribution is 9.10. The van der Waals surface area contributed by atoms with Gasteiger partial charge in [0.15, 0.2) is 17.6 Å². The van der Waals surface area contributed by atoms with E-state index in [9.17, 15) is 14.7 Å². The molecule has 0 radical (unpaired) electrons. The fourth-order valence-corrected chi connectivity index (χ4v) is 5.06. The fraction of sp³-hybridized carbons (Fsp3) is 0.385. The minimum Gasteiger partial charge on any atom is -0.490 e. The number of carboxylic acids is 1. The highest BCUT2D eigenvalue weighted by Gasteiger charge is 2.23. The molecule has 3 aromatic rings. The quantitative estimate of drug-likeness (QED) is 0.305. The lowest BCUT2D eigenvalue weighted by molar-refractivity contribution is -0.144. The summed E-state index contributed by atoms with van der Waals surface area (Å²) in [5.74, 6) is 0.433. The number of hydrogen-bond acceptors (Lipinski definition) is 6. The lowest BCUT2D eigenvalue weighted by atomic mass is 9.88. The Labute approximate surface area is 225 Å². The van der Waals surface area contributed by atoms with E-state index in [2.05, 4.69) is 37.0 Å². The third-order valence-corrected chi connectivity index (χ3v) is 7.31. The maximum absolute atomic E-state index is 13.5. The summed E-state index contributed by atoms with van der Waals surface area (Å²) in [7, 11) is 0. The molecule has 0 saturated heterocycles. The third-order valence-electron chi connectivity index (χ3n) is 6.13. The van der Waals surface area contributed by atoms with E-state index in [0.717, 1.165) is 30.2 Å². The molecule has 1 N–H and O–H groups in total. The van der Waals surface area contributed by atoms with E-state index < -0.39 is 12.1 Å². The van der Waals surface area contributed by atoms with Crippen LogP contribution in [0, 0.1) is 0 Å². The number of halogens is 2. The molecular weight excluding hydrogens is 594 g/mol. The van der Waals surface area contributed by atoms with Crippen molar-refractivity contribution in [1.29, 1.82) is 0 Å². The Morgan fingerprint density at radius 2 is 1.97 bits per heavy atom. The van der Waals surface area contributed by atoms with Gasteiger partial charge in [-0.2, -0.15) is 9.78 Å². The zero-order chi connectivity index (χ0) is 25.8. The summed E-state index contributed by atoms with van der Waals surface area (Å²) in [4.78, 5) is 29.7. The molecule has 0 bridgehead atoms. The molecule has 0 aliphatic heterocycles. The average Bonchev–Trinajstić information content (AvgIpc) is 2.86. The van der Waals surface area contributed by atoms with E-state index in [-0.39, 0.29) is 11.5 Å². The van der Waals surface area contributed by atoms with Crippen molar-refractivity contribution >= 4 is 54.9 Å². The molecule has 190 valence electrons. The monoisotopic (exact) mass is 619 g/mol. The maximum Gasteiger partial charge on any atom is 0.344 e. The third kappa shape index (κ3) is 5.81. The second-order valence-corrected chi connectivity index (χ2v) is 10.4. The second kappa shape index (κ2) is 11.6. The number of hydrogen-bond donors (Lipinski definition) is 1.